The molecule has 3 aromatic rings. The van der Waals surface area contributed by atoms with Crippen molar-refractivity contribution in [3.63, 3.8) is 0 Å². The quantitative estimate of drug-likeness (QED) is 0.364. The zero-order chi connectivity index (χ0) is 31.6. The number of carbonyl (C=O) groups is 2. The Bertz CT molecular complexity index is 1500. The van der Waals surface area contributed by atoms with Gasteiger partial charge < -0.3 is 24.3 Å². The highest BCUT2D eigenvalue weighted by molar-refractivity contribution is 5.97. The summed E-state index contributed by atoms with van der Waals surface area (Å²) in [6, 6.07) is 9.79. The number of ether oxygens (including phenoxy) is 1. The van der Waals surface area contributed by atoms with Gasteiger partial charge in [0, 0.05) is 69.4 Å². The number of likely N-dealkylation sites (tertiary alicyclic amines) is 1. The summed E-state index contributed by atoms with van der Waals surface area (Å²) >= 11 is 0. The molecule has 45 heavy (non-hydrogen) atoms. The van der Waals surface area contributed by atoms with E-state index in [2.05, 4.69) is 34.9 Å². The molecule has 6 rings (SSSR count). The number of rotatable bonds is 8. The lowest BCUT2D eigenvalue weighted by Crippen LogP contribution is -2.61. The van der Waals surface area contributed by atoms with Gasteiger partial charge in [-0.15, -0.1) is 10.2 Å². The Morgan fingerprint density at radius 2 is 1.80 bits per heavy atom. The van der Waals surface area contributed by atoms with Crippen molar-refractivity contribution in [3.05, 3.63) is 60.3 Å². The molecular weight excluding hydrogens is 575 g/mol. The molecule has 3 saturated heterocycles. The summed E-state index contributed by atoms with van der Waals surface area (Å²) in [5.74, 6) is 1.40. The van der Waals surface area contributed by atoms with E-state index in [1.165, 1.54) is 24.5 Å². The van der Waals surface area contributed by atoms with Crippen molar-refractivity contribution in [3.8, 4) is 11.6 Å². The number of hydrogen-bond acceptors (Lipinski definition) is 9. The Hall–Kier alpha value is -4.35. The highest BCUT2D eigenvalue weighted by atomic mass is 19.1. The first-order chi connectivity index (χ1) is 21.8. The van der Waals surface area contributed by atoms with E-state index in [0.717, 1.165) is 70.8 Å². The van der Waals surface area contributed by atoms with Crippen LogP contribution in [-0.4, -0.2) is 93.6 Å². The van der Waals surface area contributed by atoms with Crippen LogP contribution in [0.25, 0.3) is 0 Å². The molecular formula is C33H41FN8O3. The number of amides is 2. The summed E-state index contributed by atoms with van der Waals surface area (Å²) in [7, 11) is 0. The van der Waals surface area contributed by atoms with E-state index in [1.54, 1.807) is 4.90 Å². The Morgan fingerprint density at radius 1 is 1.04 bits per heavy atom. The predicted molar refractivity (Wildman–Crippen MR) is 168 cm³/mol. The number of nitrogens with zero attached hydrogens (tertiary/aromatic N) is 8. The fourth-order valence-corrected chi connectivity index (χ4v) is 6.89. The average molecular weight is 617 g/mol. The molecule has 3 fully saturated rings. The number of piperidine rings is 2. The number of hydrogen-bond donors (Lipinski definition) is 0. The highest BCUT2D eigenvalue weighted by Gasteiger charge is 2.47. The van der Waals surface area contributed by atoms with Crippen LogP contribution in [0.1, 0.15) is 56.8 Å². The van der Waals surface area contributed by atoms with E-state index in [9.17, 15) is 14.0 Å². The number of anilines is 2. The van der Waals surface area contributed by atoms with Gasteiger partial charge in [0.2, 0.25) is 5.91 Å². The normalized spacial score (nSPS) is 18.2. The Kier molecular flexibility index (Phi) is 8.82. The Balaban J connectivity index is 1.06. The molecule has 0 atom stereocenters. The minimum Gasteiger partial charge on any atom is -0.434 e. The first-order valence-corrected chi connectivity index (χ1v) is 15.9. The monoisotopic (exact) mass is 616 g/mol. The number of carbonyl (C=O) groups excluding carboxylic acids is 2. The molecule has 1 aromatic carbocycles. The molecule has 0 unspecified atom stereocenters. The lowest BCUT2D eigenvalue weighted by Gasteiger charge is -2.54. The third-order valence-corrected chi connectivity index (χ3v) is 9.48. The highest BCUT2D eigenvalue weighted by Crippen LogP contribution is 2.45. The van der Waals surface area contributed by atoms with Gasteiger partial charge in [-0.3, -0.25) is 9.59 Å². The largest absolute Gasteiger partial charge is 0.434 e. The minimum absolute atomic E-state index is 0.0587. The SMILES string of the molecule is CCN(C(=O)c1cc(F)ccc1Oc1nncnc1N1CC2(CCN(C(=O)C3CCN(c4ccccn4)CC3)CC2)C1)C(C)C. The summed E-state index contributed by atoms with van der Waals surface area (Å²) in [4.78, 5) is 43.7. The molecule has 238 valence electrons. The van der Waals surface area contributed by atoms with Crippen molar-refractivity contribution in [2.75, 3.05) is 55.6 Å². The zero-order valence-corrected chi connectivity index (χ0v) is 26.2. The van der Waals surface area contributed by atoms with Gasteiger partial charge >= 0.3 is 0 Å². The fourth-order valence-electron chi connectivity index (χ4n) is 6.89. The van der Waals surface area contributed by atoms with Crippen LogP contribution < -0.4 is 14.5 Å². The number of halogens is 1. The summed E-state index contributed by atoms with van der Waals surface area (Å²) in [5, 5.41) is 8.11. The maximum Gasteiger partial charge on any atom is 0.282 e. The molecule has 2 aromatic heterocycles. The predicted octanol–water partition coefficient (Wildman–Crippen LogP) is 4.41. The topological polar surface area (TPSA) is 108 Å². The second kappa shape index (κ2) is 12.9. The third kappa shape index (κ3) is 6.41. The van der Waals surface area contributed by atoms with Crippen LogP contribution in [0.2, 0.25) is 0 Å². The molecule has 3 aliphatic rings. The van der Waals surface area contributed by atoms with Gasteiger partial charge in [0.05, 0.1) is 5.56 Å². The summed E-state index contributed by atoms with van der Waals surface area (Å²) in [6.45, 7) is 10.9. The van der Waals surface area contributed by atoms with E-state index >= 15 is 0 Å². The van der Waals surface area contributed by atoms with Crippen LogP contribution in [0.15, 0.2) is 48.9 Å². The van der Waals surface area contributed by atoms with E-state index in [-0.39, 0.29) is 46.4 Å². The van der Waals surface area contributed by atoms with Crippen LogP contribution in [-0.2, 0) is 4.79 Å². The van der Waals surface area contributed by atoms with Crippen molar-refractivity contribution in [2.24, 2.45) is 11.3 Å². The van der Waals surface area contributed by atoms with Crippen molar-refractivity contribution in [1.29, 1.82) is 0 Å². The summed E-state index contributed by atoms with van der Waals surface area (Å²) in [6.07, 6.45) is 6.74. The van der Waals surface area contributed by atoms with Crippen LogP contribution in [0.4, 0.5) is 16.0 Å². The van der Waals surface area contributed by atoms with Crippen molar-refractivity contribution < 1.29 is 18.7 Å². The molecule has 0 N–H and O–H groups in total. The van der Waals surface area contributed by atoms with Gasteiger partial charge in [-0.05, 0) is 76.8 Å². The second-order valence-corrected chi connectivity index (χ2v) is 12.6. The smallest absolute Gasteiger partial charge is 0.282 e. The maximum atomic E-state index is 14.2. The number of benzene rings is 1. The lowest BCUT2D eigenvalue weighted by atomic mass is 9.72. The van der Waals surface area contributed by atoms with Crippen molar-refractivity contribution in [1.82, 2.24) is 30.0 Å². The minimum atomic E-state index is -0.521. The lowest BCUT2D eigenvalue weighted by molar-refractivity contribution is -0.138. The van der Waals surface area contributed by atoms with Gasteiger partial charge in [0.25, 0.3) is 11.8 Å². The van der Waals surface area contributed by atoms with Crippen LogP contribution in [0.3, 0.4) is 0 Å². The fraction of sp³-hybridized carbons (Fsp3) is 0.515. The number of pyridine rings is 1. The molecule has 12 heteroatoms. The average Bonchev–Trinajstić information content (AvgIpc) is 3.05. The molecule has 0 bridgehead atoms. The van der Waals surface area contributed by atoms with Gasteiger partial charge in [0.15, 0.2) is 5.82 Å². The molecule has 1 spiro atoms. The van der Waals surface area contributed by atoms with Gasteiger partial charge in [0.1, 0.15) is 23.7 Å². The number of aromatic nitrogens is 4. The second-order valence-electron chi connectivity index (χ2n) is 12.6. The Morgan fingerprint density at radius 3 is 2.47 bits per heavy atom. The zero-order valence-electron chi connectivity index (χ0n) is 26.2. The van der Waals surface area contributed by atoms with E-state index in [0.29, 0.717) is 12.4 Å². The molecule has 2 amide bonds. The summed E-state index contributed by atoms with van der Waals surface area (Å²) in [5.41, 5.74) is 0.221. The van der Waals surface area contributed by atoms with Crippen LogP contribution >= 0.6 is 0 Å². The first kappa shape index (κ1) is 30.7. The van der Waals surface area contributed by atoms with Gasteiger partial charge in [-0.25, -0.2) is 14.4 Å². The van der Waals surface area contributed by atoms with E-state index in [4.69, 9.17) is 4.74 Å². The first-order valence-electron chi connectivity index (χ1n) is 15.9. The molecule has 0 radical (unpaired) electrons. The molecule has 0 aliphatic carbocycles. The van der Waals surface area contributed by atoms with Crippen LogP contribution in [0, 0.1) is 17.2 Å². The maximum absolute atomic E-state index is 14.2. The standard InChI is InChI=1S/C33H41FN8O3/c1-4-42(23(2)3)32(44)26-19-25(34)8-9-27(26)45-30-29(36-22-37-38-30)41-20-33(21-41)12-17-40(18-13-33)31(43)24-10-15-39(16-11-24)28-7-5-6-14-35-28/h5-9,14,19,22-24H,4,10-13,15-18,20-21H2,1-3H3. The molecule has 3 aliphatic heterocycles. The molecule has 5 heterocycles. The van der Waals surface area contributed by atoms with E-state index in [1.807, 2.05) is 45.2 Å². The van der Waals surface area contributed by atoms with Crippen molar-refractivity contribution >= 4 is 23.5 Å². The van der Waals surface area contributed by atoms with Crippen molar-refractivity contribution in [2.45, 2.75) is 52.5 Å². The molecule has 0 saturated carbocycles. The molecule has 11 nitrogen and oxygen atoms in total. The third-order valence-electron chi connectivity index (χ3n) is 9.48. The van der Waals surface area contributed by atoms with Crippen LogP contribution in [0.5, 0.6) is 11.6 Å². The van der Waals surface area contributed by atoms with Gasteiger partial charge in [-0.1, -0.05) is 6.07 Å². The van der Waals surface area contributed by atoms with E-state index < -0.39 is 5.82 Å². The van der Waals surface area contributed by atoms with Gasteiger partial charge in [-0.2, -0.15) is 0 Å². The Labute approximate surface area is 263 Å². The summed E-state index contributed by atoms with van der Waals surface area (Å²) < 4.78 is 20.4.